The second-order valence-electron chi connectivity index (χ2n) is 5.72. The number of rotatable bonds is 4. The molecule has 1 aliphatic rings. The molecule has 0 radical (unpaired) electrons. The average molecular weight is 344 g/mol. The molecule has 6 heteroatoms. The van der Waals surface area contributed by atoms with Crippen molar-refractivity contribution >= 4 is 15.9 Å². The number of benzene rings is 2. The number of sulfonamides is 1. The van der Waals surface area contributed by atoms with E-state index in [9.17, 15) is 13.2 Å². The van der Waals surface area contributed by atoms with E-state index in [1.54, 1.807) is 36.4 Å². The molecule has 1 saturated heterocycles. The number of hydrogen-bond acceptors (Lipinski definition) is 3. The van der Waals surface area contributed by atoms with Crippen LogP contribution in [0.25, 0.3) is 0 Å². The van der Waals surface area contributed by atoms with Crippen LogP contribution in [0.4, 0.5) is 0 Å². The molecule has 1 unspecified atom stereocenters. The van der Waals surface area contributed by atoms with E-state index < -0.39 is 16.1 Å². The van der Waals surface area contributed by atoms with Crippen molar-refractivity contribution in [2.24, 2.45) is 0 Å². The predicted octanol–water partition coefficient (Wildman–Crippen LogP) is 2.11. The molecule has 1 aliphatic heterocycles. The highest BCUT2D eigenvalue weighted by molar-refractivity contribution is 7.89. The number of carbonyl (C=O) groups excluding carboxylic acids is 1. The number of piperazine rings is 1. The van der Waals surface area contributed by atoms with Crippen molar-refractivity contribution in [1.82, 2.24) is 9.62 Å². The van der Waals surface area contributed by atoms with Crippen LogP contribution in [0.15, 0.2) is 59.5 Å². The van der Waals surface area contributed by atoms with Crippen LogP contribution in [0.1, 0.15) is 24.1 Å². The van der Waals surface area contributed by atoms with Crippen LogP contribution in [-0.4, -0.2) is 31.7 Å². The van der Waals surface area contributed by atoms with Gasteiger partial charge in [-0.3, -0.25) is 4.79 Å². The number of aryl methyl sites for hydroxylation is 1. The van der Waals surface area contributed by atoms with Gasteiger partial charge >= 0.3 is 0 Å². The molecule has 1 N–H and O–H groups in total. The Bertz CT molecular complexity index is 817. The third-order valence-electron chi connectivity index (χ3n) is 4.22. The van der Waals surface area contributed by atoms with Gasteiger partial charge in [0.05, 0.1) is 4.90 Å². The summed E-state index contributed by atoms with van der Waals surface area (Å²) in [7, 11) is -3.74. The molecule has 0 spiro atoms. The second kappa shape index (κ2) is 6.75. The van der Waals surface area contributed by atoms with Gasteiger partial charge in [0.25, 0.3) is 0 Å². The third-order valence-corrected chi connectivity index (χ3v) is 6.10. The van der Waals surface area contributed by atoms with Crippen molar-refractivity contribution in [2.45, 2.75) is 24.3 Å². The van der Waals surface area contributed by atoms with Crippen molar-refractivity contribution in [3.8, 4) is 0 Å². The lowest BCUT2D eigenvalue weighted by Crippen LogP contribution is -2.52. The number of nitrogens with zero attached hydrogens (tertiary/aromatic N) is 1. The first-order chi connectivity index (χ1) is 11.5. The summed E-state index contributed by atoms with van der Waals surface area (Å²) in [5.74, 6) is -0.291. The minimum Gasteiger partial charge on any atom is -0.353 e. The lowest BCUT2D eigenvalue weighted by Gasteiger charge is -2.34. The quantitative estimate of drug-likeness (QED) is 0.924. The molecular formula is C18H20N2O3S. The van der Waals surface area contributed by atoms with Crippen LogP contribution in [0.2, 0.25) is 0 Å². The molecule has 2 aromatic carbocycles. The Labute approximate surface area is 142 Å². The van der Waals surface area contributed by atoms with E-state index in [-0.39, 0.29) is 17.3 Å². The number of amides is 1. The molecule has 126 valence electrons. The first-order valence-electron chi connectivity index (χ1n) is 7.97. The van der Waals surface area contributed by atoms with Crippen LogP contribution in [0.3, 0.4) is 0 Å². The summed E-state index contributed by atoms with van der Waals surface area (Å²) in [5, 5.41) is 2.76. The summed E-state index contributed by atoms with van der Waals surface area (Å²) < 4.78 is 27.4. The topological polar surface area (TPSA) is 66.5 Å². The zero-order valence-electron chi connectivity index (χ0n) is 13.5. The summed E-state index contributed by atoms with van der Waals surface area (Å²) in [4.78, 5) is 12.6. The lowest BCUT2D eigenvalue weighted by atomic mass is 10.1. The summed E-state index contributed by atoms with van der Waals surface area (Å²) in [6, 6.07) is 15.0. The smallest absolute Gasteiger partial charge is 0.244 e. The van der Waals surface area contributed by atoms with E-state index in [0.29, 0.717) is 12.1 Å². The number of carbonyl (C=O) groups is 1. The number of nitrogens with one attached hydrogen (secondary N) is 1. The first-order valence-corrected chi connectivity index (χ1v) is 9.41. The molecule has 0 aliphatic carbocycles. The normalized spacial score (nSPS) is 19.0. The Morgan fingerprint density at radius 2 is 1.75 bits per heavy atom. The molecule has 0 bridgehead atoms. The van der Waals surface area contributed by atoms with Gasteiger partial charge in [0.15, 0.2) is 0 Å². The highest BCUT2D eigenvalue weighted by Gasteiger charge is 2.39. The lowest BCUT2D eigenvalue weighted by molar-refractivity contribution is -0.126. The SMILES string of the molecule is CCc1ccc(S(=O)(=O)N2CCNC(=O)C2c2ccccc2)cc1. The fourth-order valence-electron chi connectivity index (χ4n) is 2.89. The van der Waals surface area contributed by atoms with E-state index in [2.05, 4.69) is 5.32 Å². The average Bonchev–Trinajstić information content (AvgIpc) is 2.62. The van der Waals surface area contributed by atoms with Crippen molar-refractivity contribution in [1.29, 1.82) is 0 Å². The van der Waals surface area contributed by atoms with Gasteiger partial charge in [-0.25, -0.2) is 8.42 Å². The summed E-state index contributed by atoms with van der Waals surface area (Å²) >= 11 is 0. The highest BCUT2D eigenvalue weighted by atomic mass is 32.2. The van der Waals surface area contributed by atoms with E-state index >= 15 is 0 Å². The first kappa shape index (κ1) is 16.7. The maximum atomic E-state index is 13.1. The highest BCUT2D eigenvalue weighted by Crippen LogP contribution is 2.29. The minimum absolute atomic E-state index is 0.218. The Balaban J connectivity index is 2.01. The van der Waals surface area contributed by atoms with Gasteiger partial charge in [0.2, 0.25) is 15.9 Å². The van der Waals surface area contributed by atoms with Crippen LogP contribution in [-0.2, 0) is 21.2 Å². The minimum atomic E-state index is -3.74. The van der Waals surface area contributed by atoms with Gasteiger partial charge in [0.1, 0.15) is 6.04 Å². The molecule has 1 amide bonds. The molecule has 2 aromatic rings. The maximum absolute atomic E-state index is 13.1. The molecule has 1 atom stereocenters. The van der Waals surface area contributed by atoms with Gasteiger partial charge in [-0.1, -0.05) is 49.4 Å². The molecule has 24 heavy (non-hydrogen) atoms. The van der Waals surface area contributed by atoms with Crippen LogP contribution in [0.5, 0.6) is 0 Å². The molecular weight excluding hydrogens is 324 g/mol. The summed E-state index contributed by atoms with van der Waals surface area (Å²) in [6.07, 6.45) is 0.846. The largest absolute Gasteiger partial charge is 0.353 e. The molecule has 0 saturated carbocycles. The fraction of sp³-hybridized carbons (Fsp3) is 0.278. The van der Waals surface area contributed by atoms with Crippen molar-refractivity contribution in [3.05, 3.63) is 65.7 Å². The molecule has 3 rings (SSSR count). The van der Waals surface area contributed by atoms with Crippen LogP contribution >= 0.6 is 0 Å². The summed E-state index contributed by atoms with van der Waals surface area (Å²) in [5.41, 5.74) is 1.74. The van der Waals surface area contributed by atoms with E-state index in [4.69, 9.17) is 0 Å². The second-order valence-corrected chi connectivity index (χ2v) is 7.61. The Kier molecular flexibility index (Phi) is 4.69. The maximum Gasteiger partial charge on any atom is 0.244 e. The van der Waals surface area contributed by atoms with Gasteiger partial charge < -0.3 is 5.32 Å². The standard InChI is InChI=1S/C18H20N2O3S/c1-2-14-8-10-16(11-9-14)24(22,23)20-13-12-19-18(21)17(20)15-6-4-3-5-7-15/h3-11,17H,2,12-13H2,1H3,(H,19,21). The Morgan fingerprint density at radius 1 is 1.08 bits per heavy atom. The Hall–Kier alpha value is -2.18. The third kappa shape index (κ3) is 3.07. The molecule has 1 heterocycles. The van der Waals surface area contributed by atoms with Gasteiger partial charge in [-0.2, -0.15) is 4.31 Å². The van der Waals surface area contributed by atoms with Gasteiger partial charge in [0, 0.05) is 13.1 Å². The zero-order chi connectivity index (χ0) is 17.2. The monoisotopic (exact) mass is 344 g/mol. The number of hydrogen-bond donors (Lipinski definition) is 1. The zero-order valence-corrected chi connectivity index (χ0v) is 14.3. The van der Waals surface area contributed by atoms with Crippen molar-refractivity contribution in [3.63, 3.8) is 0 Å². The van der Waals surface area contributed by atoms with Gasteiger partial charge in [-0.05, 0) is 29.7 Å². The molecule has 0 aromatic heterocycles. The van der Waals surface area contributed by atoms with Crippen molar-refractivity contribution < 1.29 is 13.2 Å². The molecule has 5 nitrogen and oxygen atoms in total. The predicted molar refractivity (Wildman–Crippen MR) is 91.9 cm³/mol. The van der Waals surface area contributed by atoms with E-state index in [0.717, 1.165) is 12.0 Å². The van der Waals surface area contributed by atoms with Gasteiger partial charge in [-0.15, -0.1) is 0 Å². The molecule has 1 fully saturated rings. The van der Waals surface area contributed by atoms with E-state index in [1.165, 1.54) is 4.31 Å². The van der Waals surface area contributed by atoms with E-state index in [1.807, 2.05) is 25.1 Å². The van der Waals surface area contributed by atoms with Crippen molar-refractivity contribution in [2.75, 3.05) is 13.1 Å². The Morgan fingerprint density at radius 3 is 2.38 bits per heavy atom. The van der Waals surface area contributed by atoms with Crippen LogP contribution in [0, 0.1) is 0 Å². The summed E-state index contributed by atoms with van der Waals surface area (Å²) in [6.45, 7) is 2.58. The van der Waals surface area contributed by atoms with Crippen LogP contribution < -0.4 is 5.32 Å². The fourth-order valence-corrected chi connectivity index (χ4v) is 4.47.